The highest BCUT2D eigenvalue weighted by Gasteiger charge is 2.35. The molecule has 0 aromatic rings. The Morgan fingerprint density at radius 3 is 2.24 bits per heavy atom. The average Bonchev–Trinajstić information content (AvgIpc) is 2.21. The van der Waals surface area contributed by atoms with Gasteiger partial charge in [0.2, 0.25) is 10.0 Å². The molecule has 0 saturated heterocycles. The first-order chi connectivity index (χ1) is 7.73. The van der Waals surface area contributed by atoms with Crippen molar-refractivity contribution in [3.05, 3.63) is 0 Å². The first-order valence-corrected chi connectivity index (χ1v) is 6.96. The van der Waals surface area contributed by atoms with Gasteiger partial charge >= 0.3 is 6.18 Å². The zero-order valence-corrected chi connectivity index (χ0v) is 10.8. The van der Waals surface area contributed by atoms with Crippen LogP contribution in [0.2, 0.25) is 0 Å². The lowest BCUT2D eigenvalue weighted by Crippen LogP contribution is -2.40. The van der Waals surface area contributed by atoms with E-state index < -0.39 is 22.7 Å². The van der Waals surface area contributed by atoms with E-state index in [1.165, 1.54) is 6.92 Å². The van der Waals surface area contributed by atoms with Crippen LogP contribution in [-0.4, -0.2) is 51.0 Å². The predicted molar refractivity (Wildman–Crippen MR) is 58.2 cm³/mol. The van der Waals surface area contributed by atoms with Gasteiger partial charge in [0.05, 0.1) is 5.75 Å². The van der Waals surface area contributed by atoms with Crippen molar-refractivity contribution in [1.29, 1.82) is 0 Å². The van der Waals surface area contributed by atoms with Crippen LogP contribution >= 0.6 is 0 Å². The second-order valence-electron chi connectivity index (χ2n) is 3.40. The van der Waals surface area contributed by atoms with Crippen LogP contribution < -0.4 is 0 Å². The van der Waals surface area contributed by atoms with Crippen molar-refractivity contribution in [2.45, 2.75) is 26.4 Å². The minimum Gasteiger partial charge on any atom is -0.382 e. The van der Waals surface area contributed by atoms with E-state index in [1.807, 2.05) is 0 Å². The first kappa shape index (κ1) is 16.7. The lowest BCUT2D eigenvalue weighted by molar-refractivity contribution is -0.136. The second-order valence-corrected chi connectivity index (χ2v) is 5.66. The summed E-state index contributed by atoms with van der Waals surface area (Å²) in [4.78, 5) is 0. The summed E-state index contributed by atoms with van der Waals surface area (Å²) in [6, 6.07) is 0. The molecule has 0 aliphatic carbocycles. The van der Waals surface area contributed by atoms with Crippen LogP contribution in [0.25, 0.3) is 0 Å². The number of alkyl halides is 3. The summed E-state index contributed by atoms with van der Waals surface area (Å²) in [5.74, 6) is -0.336. The minimum absolute atomic E-state index is 0.171. The van der Waals surface area contributed by atoms with Crippen LogP contribution in [0.5, 0.6) is 0 Å². The van der Waals surface area contributed by atoms with Crippen LogP contribution in [0.15, 0.2) is 0 Å². The third-order valence-corrected chi connectivity index (χ3v) is 3.84. The SMILES string of the molecule is CCOCCCN(CC(F)(F)F)S(=O)(=O)CC. The van der Waals surface area contributed by atoms with E-state index >= 15 is 0 Å². The molecule has 0 radical (unpaired) electrons. The van der Waals surface area contributed by atoms with Crippen LogP contribution in [-0.2, 0) is 14.8 Å². The molecule has 0 aliphatic rings. The minimum atomic E-state index is -4.52. The van der Waals surface area contributed by atoms with E-state index in [4.69, 9.17) is 4.74 Å². The van der Waals surface area contributed by atoms with Gasteiger partial charge in [-0.05, 0) is 20.3 Å². The van der Waals surface area contributed by atoms with Crippen LogP contribution in [0.3, 0.4) is 0 Å². The molecule has 0 unspecified atom stereocenters. The van der Waals surface area contributed by atoms with E-state index in [-0.39, 0.29) is 25.3 Å². The van der Waals surface area contributed by atoms with Crippen molar-refractivity contribution in [1.82, 2.24) is 4.31 Å². The van der Waals surface area contributed by atoms with Crippen molar-refractivity contribution in [3.63, 3.8) is 0 Å². The fraction of sp³-hybridized carbons (Fsp3) is 1.00. The first-order valence-electron chi connectivity index (χ1n) is 5.35. The smallest absolute Gasteiger partial charge is 0.382 e. The maximum Gasteiger partial charge on any atom is 0.402 e. The lowest BCUT2D eigenvalue weighted by Gasteiger charge is -2.22. The lowest BCUT2D eigenvalue weighted by atomic mass is 10.4. The third-order valence-electron chi connectivity index (χ3n) is 2.01. The molecule has 104 valence electrons. The zero-order valence-electron chi connectivity index (χ0n) is 9.96. The van der Waals surface area contributed by atoms with E-state index in [9.17, 15) is 21.6 Å². The molecule has 0 heterocycles. The monoisotopic (exact) mass is 277 g/mol. The van der Waals surface area contributed by atoms with Crippen LogP contribution in [0, 0.1) is 0 Å². The van der Waals surface area contributed by atoms with Gasteiger partial charge in [-0.3, -0.25) is 0 Å². The molecule has 0 N–H and O–H groups in total. The Hall–Kier alpha value is -0.340. The molecule has 0 fully saturated rings. The maximum atomic E-state index is 12.2. The summed E-state index contributed by atoms with van der Waals surface area (Å²) in [5.41, 5.74) is 0. The highest BCUT2D eigenvalue weighted by Crippen LogP contribution is 2.19. The number of rotatable bonds is 8. The van der Waals surface area contributed by atoms with Gasteiger partial charge in [0.15, 0.2) is 0 Å². The summed E-state index contributed by atoms with van der Waals surface area (Å²) < 4.78 is 64.9. The van der Waals surface area contributed by atoms with Crippen molar-refractivity contribution < 1.29 is 26.3 Å². The molecule has 0 saturated carbocycles. The molecule has 0 aliphatic heterocycles. The highest BCUT2D eigenvalue weighted by atomic mass is 32.2. The summed E-state index contributed by atoms with van der Waals surface area (Å²) in [5, 5.41) is 0. The molecular weight excluding hydrogens is 259 g/mol. The summed E-state index contributed by atoms with van der Waals surface area (Å²) in [6.07, 6.45) is -4.27. The summed E-state index contributed by atoms with van der Waals surface area (Å²) in [6.45, 7) is 2.19. The largest absolute Gasteiger partial charge is 0.402 e. The Balaban J connectivity index is 4.43. The Labute approximate surface area is 99.8 Å². The van der Waals surface area contributed by atoms with Gasteiger partial charge in [-0.1, -0.05) is 0 Å². The predicted octanol–water partition coefficient (Wildman–Crippen LogP) is 1.63. The van der Waals surface area contributed by atoms with Crippen molar-refractivity contribution in [3.8, 4) is 0 Å². The number of ether oxygens (including phenoxy) is 1. The molecule has 0 bridgehead atoms. The van der Waals surface area contributed by atoms with Crippen molar-refractivity contribution >= 4 is 10.0 Å². The normalized spacial score (nSPS) is 13.3. The number of sulfonamides is 1. The summed E-state index contributed by atoms with van der Waals surface area (Å²) >= 11 is 0. The molecule has 8 heteroatoms. The molecule has 0 atom stereocenters. The maximum absolute atomic E-state index is 12.2. The number of hydrogen-bond acceptors (Lipinski definition) is 3. The highest BCUT2D eigenvalue weighted by molar-refractivity contribution is 7.89. The van der Waals surface area contributed by atoms with Gasteiger partial charge in [0.1, 0.15) is 6.54 Å². The van der Waals surface area contributed by atoms with Crippen LogP contribution in [0.4, 0.5) is 13.2 Å². The fourth-order valence-electron chi connectivity index (χ4n) is 1.19. The Kier molecular flexibility index (Phi) is 7.03. The molecular formula is C9H18F3NO3S. The van der Waals surface area contributed by atoms with Crippen molar-refractivity contribution in [2.75, 3.05) is 32.1 Å². The molecule has 0 spiro atoms. The van der Waals surface area contributed by atoms with Crippen molar-refractivity contribution in [2.24, 2.45) is 0 Å². The van der Waals surface area contributed by atoms with E-state index in [0.717, 1.165) is 0 Å². The third kappa shape index (κ3) is 7.56. The molecule has 4 nitrogen and oxygen atoms in total. The van der Waals surface area contributed by atoms with E-state index in [0.29, 0.717) is 10.9 Å². The topological polar surface area (TPSA) is 46.6 Å². The molecule has 0 aromatic carbocycles. The molecule has 0 rings (SSSR count). The Morgan fingerprint density at radius 2 is 1.82 bits per heavy atom. The zero-order chi connectivity index (χ0) is 13.5. The van der Waals surface area contributed by atoms with Gasteiger partial charge in [0.25, 0.3) is 0 Å². The Morgan fingerprint density at radius 1 is 1.24 bits per heavy atom. The number of nitrogens with zero attached hydrogens (tertiary/aromatic N) is 1. The van der Waals surface area contributed by atoms with Gasteiger partial charge in [-0.2, -0.15) is 17.5 Å². The quantitative estimate of drug-likeness (QED) is 0.633. The molecule has 0 aromatic heterocycles. The van der Waals surface area contributed by atoms with E-state index in [1.54, 1.807) is 6.92 Å². The van der Waals surface area contributed by atoms with Gasteiger partial charge in [-0.25, -0.2) is 8.42 Å². The number of hydrogen-bond donors (Lipinski definition) is 0. The number of halogens is 3. The standard InChI is InChI=1S/C9H18F3NO3S/c1-3-16-7-5-6-13(8-9(10,11)12)17(14,15)4-2/h3-8H2,1-2H3. The Bertz CT molecular complexity index is 303. The second kappa shape index (κ2) is 7.17. The van der Waals surface area contributed by atoms with Crippen LogP contribution in [0.1, 0.15) is 20.3 Å². The molecule has 0 amide bonds. The van der Waals surface area contributed by atoms with Gasteiger partial charge < -0.3 is 4.74 Å². The van der Waals surface area contributed by atoms with Gasteiger partial charge in [0, 0.05) is 19.8 Å². The molecule has 17 heavy (non-hydrogen) atoms. The van der Waals surface area contributed by atoms with Gasteiger partial charge in [-0.15, -0.1) is 0 Å². The summed E-state index contributed by atoms with van der Waals surface area (Å²) in [7, 11) is -3.82. The average molecular weight is 277 g/mol. The fourth-order valence-corrected chi connectivity index (χ4v) is 2.30. The van der Waals surface area contributed by atoms with E-state index in [2.05, 4.69) is 0 Å².